The molecule has 1 amide bonds. The normalized spacial score (nSPS) is 17.3. The van der Waals surface area contributed by atoms with Crippen LogP contribution < -0.4 is 16.0 Å². The summed E-state index contributed by atoms with van der Waals surface area (Å²) in [4.78, 5) is 12.4. The predicted molar refractivity (Wildman–Crippen MR) is 74.9 cm³/mol. The lowest BCUT2D eigenvalue weighted by Gasteiger charge is -2.30. The van der Waals surface area contributed by atoms with E-state index >= 15 is 0 Å². The average molecular weight is 262 g/mol. The molecule has 4 heteroatoms. The summed E-state index contributed by atoms with van der Waals surface area (Å²) in [6.45, 7) is 4.07. The van der Waals surface area contributed by atoms with Crippen molar-refractivity contribution in [1.29, 1.82) is 0 Å². The second kappa shape index (κ2) is 5.21. The first-order valence-corrected chi connectivity index (χ1v) is 6.72. The van der Waals surface area contributed by atoms with E-state index < -0.39 is 5.41 Å². The van der Waals surface area contributed by atoms with Gasteiger partial charge in [-0.15, -0.1) is 0 Å². The molecule has 1 aliphatic rings. The van der Waals surface area contributed by atoms with Gasteiger partial charge in [-0.3, -0.25) is 10.2 Å². The zero-order chi connectivity index (χ0) is 14.0. The van der Waals surface area contributed by atoms with Gasteiger partial charge in [-0.1, -0.05) is 18.9 Å². The first kappa shape index (κ1) is 13.9. The third-order valence-corrected chi connectivity index (χ3v) is 4.16. The Balaban J connectivity index is 2.63. The lowest BCUT2D eigenvalue weighted by Crippen LogP contribution is -2.46. The summed E-state index contributed by atoms with van der Waals surface area (Å²) >= 11 is 0. The van der Waals surface area contributed by atoms with E-state index in [-0.39, 0.29) is 5.91 Å². The number of carbonyl (C=O) groups excluding carboxylic acids is 1. The second-order valence-corrected chi connectivity index (χ2v) is 5.42. The molecule has 0 aromatic heterocycles. The average Bonchev–Trinajstić information content (AvgIpc) is 2.86. The van der Waals surface area contributed by atoms with E-state index in [1.165, 1.54) is 0 Å². The molecule has 0 unspecified atom stereocenters. The van der Waals surface area contributed by atoms with Gasteiger partial charge < -0.3 is 4.74 Å². The molecular formula is C15H22N2O2. The van der Waals surface area contributed by atoms with Crippen molar-refractivity contribution in [2.75, 3.05) is 7.11 Å². The lowest BCUT2D eigenvalue weighted by molar-refractivity contribution is -0.126. The van der Waals surface area contributed by atoms with Crippen molar-refractivity contribution in [2.24, 2.45) is 5.84 Å². The molecule has 19 heavy (non-hydrogen) atoms. The maximum atomic E-state index is 12.4. The number of nitrogens with two attached hydrogens (primary N) is 1. The van der Waals surface area contributed by atoms with Gasteiger partial charge >= 0.3 is 0 Å². The van der Waals surface area contributed by atoms with Crippen molar-refractivity contribution in [1.82, 2.24) is 5.43 Å². The Morgan fingerprint density at radius 1 is 1.32 bits per heavy atom. The third-order valence-electron chi connectivity index (χ3n) is 4.16. The molecule has 0 atom stereocenters. The van der Waals surface area contributed by atoms with Crippen LogP contribution in [0.2, 0.25) is 0 Å². The van der Waals surface area contributed by atoms with Crippen LogP contribution in [0.4, 0.5) is 0 Å². The number of benzene rings is 1. The number of ether oxygens (including phenoxy) is 1. The standard InChI is InChI=1S/C15H22N2O2/c1-10-8-11(2)13(12(9-10)19-3)15(14(18)17-16)6-4-5-7-15/h8-9H,4-7,16H2,1-3H3,(H,17,18). The quantitative estimate of drug-likeness (QED) is 0.498. The van der Waals surface area contributed by atoms with Crippen LogP contribution in [0.25, 0.3) is 0 Å². The summed E-state index contributed by atoms with van der Waals surface area (Å²) in [6, 6.07) is 4.09. The van der Waals surface area contributed by atoms with E-state index in [9.17, 15) is 4.79 Å². The number of amides is 1. The molecule has 1 aromatic carbocycles. The molecule has 3 N–H and O–H groups in total. The summed E-state index contributed by atoms with van der Waals surface area (Å²) in [5, 5.41) is 0. The molecule has 0 saturated heterocycles. The number of methoxy groups -OCH3 is 1. The number of aryl methyl sites for hydroxylation is 2. The topological polar surface area (TPSA) is 64.3 Å². The van der Waals surface area contributed by atoms with Gasteiger partial charge in [-0.25, -0.2) is 5.84 Å². The Hall–Kier alpha value is -1.55. The van der Waals surface area contributed by atoms with E-state index in [4.69, 9.17) is 10.6 Å². The molecule has 0 spiro atoms. The van der Waals surface area contributed by atoms with Gasteiger partial charge in [0.2, 0.25) is 5.91 Å². The molecule has 1 aromatic rings. The van der Waals surface area contributed by atoms with Crippen LogP contribution in [0.15, 0.2) is 12.1 Å². The minimum atomic E-state index is -0.530. The van der Waals surface area contributed by atoms with Gasteiger partial charge in [0.1, 0.15) is 5.75 Å². The second-order valence-electron chi connectivity index (χ2n) is 5.42. The molecule has 104 valence electrons. The van der Waals surface area contributed by atoms with E-state index in [0.29, 0.717) is 0 Å². The van der Waals surface area contributed by atoms with Crippen LogP contribution in [-0.4, -0.2) is 13.0 Å². The van der Waals surface area contributed by atoms with Crippen LogP contribution in [-0.2, 0) is 10.2 Å². The molecule has 4 nitrogen and oxygen atoms in total. The number of hydrazine groups is 1. The molecule has 0 radical (unpaired) electrons. The summed E-state index contributed by atoms with van der Waals surface area (Å²) in [6.07, 6.45) is 3.75. The fourth-order valence-corrected chi connectivity index (χ4v) is 3.41. The Bertz CT molecular complexity index is 491. The maximum Gasteiger partial charge on any atom is 0.244 e. The van der Waals surface area contributed by atoms with Crippen molar-refractivity contribution >= 4 is 5.91 Å². The van der Waals surface area contributed by atoms with Crippen molar-refractivity contribution in [3.63, 3.8) is 0 Å². The minimum absolute atomic E-state index is 0.102. The van der Waals surface area contributed by atoms with E-state index in [1.807, 2.05) is 19.9 Å². The number of carbonyl (C=O) groups is 1. The first-order chi connectivity index (χ1) is 9.05. The molecular weight excluding hydrogens is 240 g/mol. The van der Waals surface area contributed by atoms with Crippen LogP contribution in [0.5, 0.6) is 5.75 Å². The molecule has 1 saturated carbocycles. The monoisotopic (exact) mass is 262 g/mol. The van der Waals surface area contributed by atoms with Crippen LogP contribution in [0.1, 0.15) is 42.4 Å². The minimum Gasteiger partial charge on any atom is -0.496 e. The summed E-state index contributed by atoms with van der Waals surface area (Å²) in [5.41, 5.74) is 5.05. The van der Waals surface area contributed by atoms with E-state index in [1.54, 1.807) is 7.11 Å². The molecule has 0 aliphatic heterocycles. The molecule has 2 rings (SSSR count). The van der Waals surface area contributed by atoms with E-state index in [2.05, 4.69) is 11.5 Å². The molecule has 0 heterocycles. The molecule has 0 bridgehead atoms. The van der Waals surface area contributed by atoms with Gasteiger partial charge in [0, 0.05) is 5.56 Å². The Kier molecular flexibility index (Phi) is 3.80. The Morgan fingerprint density at radius 3 is 2.47 bits per heavy atom. The van der Waals surface area contributed by atoms with Gasteiger partial charge in [-0.2, -0.15) is 0 Å². The highest BCUT2D eigenvalue weighted by Gasteiger charge is 2.45. The third kappa shape index (κ3) is 2.21. The largest absolute Gasteiger partial charge is 0.496 e. The highest BCUT2D eigenvalue weighted by Crippen LogP contribution is 2.46. The highest BCUT2D eigenvalue weighted by atomic mass is 16.5. The maximum absolute atomic E-state index is 12.4. The Morgan fingerprint density at radius 2 is 1.95 bits per heavy atom. The fourth-order valence-electron chi connectivity index (χ4n) is 3.41. The van der Waals surface area contributed by atoms with Gasteiger partial charge in [0.05, 0.1) is 12.5 Å². The lowest BCUT2D eigenvalue weighted by atomic mass is 9.75. The number of hydrogen-bond acceptors (Lipinski definition) is 3. The van der Waals surface area contributed by atoms with E-state index in [0.717, 1.165) is 48.1 Å². The highest BCUT2D eigenvalue weighted by molar-refractivity contribution is 5.89. The van der Waals surface area contributed by atoms with Crippen LogP contribution in [0.3, 0.4) is 0 Å². The molecule has 1 aliphatic carbocycles. The van der Waals surface area contributed by atoms with Gasteiger partial charge in [0.25, 0.3) is 0 Å². The van der Waals surface area contributed by atoms with Crippen LogP contribution in [0, 0.1) is 13.8 Å². The number of rotatable bonds is 3. The number of hydrogen-bond donors (Lipinski definition) is 2. The van der Waals surface area contributed by atoms with Crippen molar-refractivity contribution in [3.8, 4) is 5.75 Å². The zero-order valence-electron chi connectivity index (χ0n) is 11.9. The first-order valence-electron chi connectivity index (χ1n) is 6.72. The van der Waals surface area contributed by atoms with Crippen molar-refractivity contribution < 1.29 is 9.53 Å². The van der Waals surface area contributed by atoms with Crippen LogP contribution >= 0.6 is 0 Å². The predicted octanol–water partition coefficient (Wildman–Crippen LogP) is 2.11. The Labute approximate surface area is 114 Å². The SMILES string of the molecule is COc1cc(C)cc(C)c1C1(C(=O)NN)CCCC1. The zero-order valence-corrected chi connectivity index (χ0v) is 11.9. The summed E-state index contributed by atoms with van der Waals surface area (Å²) in [5.74, 6) is 6.10. The fraction of sp³-hybridized carbons (Fsp3) is 0.533. The summed E-state index contributed by atoms with van der Waals surface area (Å²) in [7, 11) is 1.65. The number of nitrogens with one attached hydrogen (secondary N) is 1. The van der Waals surface area contributed by atoms with Crippen molar-refractivity contribution in [2.45, 2.75) is 44.9 Å². The summed E-state index contributed by atoms with van der Waals surface area (Å²) < 4.78 is 5.52. The van der Waals surface area contributed by atoms with Crippen molar-refractivity contribution in [3.05, 3.63) is 28.8 Å². The smallest absolute Gasteiger partial charge is 0.244 e. The van der Waals surface area contributed by atoms with Gasteiger partial charge in [-0.05, 0) is 43.9 Å². The van der Waals surface area contributed by atoms with Gasteiger partial charge in [0.15, 0.2) is 0 Å². The molecule has 1 fully saturated rings.